The lowest BCUT2D eigenvalue weighted by atomic mass is 9.89. The standard InChI is InChI=1S/C15H21F2N3O/c1-4-10(2)20-14(18)19-9-15(20,3)11-5-7-12(8-6-11)21-13(16)17/h5-8,10,13H,4,9H2,1-3H3,(H2,18,19). The zero-order valence-corrected chi connectivity index (χ0v) is 12.5. The average molecular weight is 297 g/mol. The molecule has 0 spiro atoms. The molecule has 2 atom stereocenters. The topological polar surface area (TPSA) is 50.8 Å². The van der Waals surface area contributed by atoms with E-state index in [1.165, 1.54) is 0 Å². The van der Waals surface area contributed by atoms with Crippen LogP contribution in [0.1, 0.15) is 32.8 Å². The largest absolute Gasteiger partial charge is 0.435 e. The van der Waals surface area contributed by atoms with E-state index < -0.39 is 6.61 Å². The van der Waals surface area contributed by atoms with E-state index in [0.29, 0.717) is 12.5 Å². The number of alkyl halides is 2. The van der Waals surface area contributed by atoms with Crippen molar-refractivity contribution in [3.8, 4) is 5.75 Å². The van der Waals surface area contributed by atoms with E-state index in [1.54, 1.807) is 24.3 Å². The zero-order valence-electron chi connectivity index (χ0n) is 12.5. The molecule has 0 bridgehead atoms. The summed E-state index contributed by atoms with van der Waals surface area (Å²) < 4.78 is 28.8. The Labute approximate surface area is 123 Å². The molecule has 0 saturated heterocycles. The van der Waals surface area contributed by atoms with Crippen LogP contribution in [0.25, 0.3) is 0 Å². The molecule has 1 aliphatic heterocycles. The van der Waals surface area contributed by atoms with Gasteiger partial charge in [0.05, 0.1) is 12.1 Å². The van der Waals surface area contributed by atoms with Crippen molar-refractivity contribution in [1.82, 2.24) is 4.90 Å². The number of benzene rings is 1. The fourth-order valence-electron chi connectivity index (χ4n) is 2.76. The van der Waals surface area contributed by atoms with Gasteiger partial charge in [-0.3, -0.25) is 4.99 Å². The number of hydrogen-bond donors (Lipinski definition) is 1. The van der Waals surface area contributed by atoms with E-state index in [4.69, 9.17) is 5.73 Å². The number of guanidine groups is 1. The lowest BCUT2D eigenvalue weighted by Gasteiger charge is -2.40. The highest BCUT2D eigenvalue weighted by Gasteiger charge is 2.41. The maximum Gasteiger partial charge on any atom is 0.387 e. The highest BCUT2D eigenvalue weighted by atomic mass is 19.3. The number of halogens is 2. The Hall–Kier alpha value is -1.85. The summed E-state index contributed by atoms with van der Waals surface area (Å²) in [6.45, 7) is 3.99. The third-order valence-electron chi connectivity index (χ3n) is 4.06. The fourth-order valence-corrected chi connectivity index (χ4v) is 2.76. The smallest absolute Gasteiger partial charge is 0.387 e. The summed E-state index contributed by atoms with van der Waals surface area (Å²) in [4.78, 5) is 6.45. The minimum Gasteiger partial charge on any atom is -0.435 e. The van der Waals surface area contributed by atoms with Crippen molar-refractivity contribution in [2.45, 2.75) is 45.4 Å². The lowest BCUT2D eigenvalue weighted by molar-refractivity contribution is -0.0498. The molecule has 0 saturated carbocycles. The molecule has 1 aromatic carbocycles. The summed E-state index contributed by atoms with van der Waals surface area (Å²) in [5.74, 6) is 0.680. The van der Waals surface area contributed by atoms with Crippen LogP contribution in [0.3, 0.4) is 0 Å². The van der Waals surface area contributed by atoms with Crippen molar-refractivity contribution >= 4 is 5.96 Å². The number of aliphatic imine (C=N–C) groups is 1. The molecule has 0 amide bonds. The molecule has 116 valence electrons. The van der Waals surface area contributed by atoms with Crippen LogP contribution >= 0.6 is 0 Å². The Morgan fingerprint density at radius 2 is 2.00 bits per heavy atom. The normalized spacial score (nSPS) is 23.3. The third kappa shape index (κ3) is 2.94. The van der Waals surface area contributed by atoms with Crippen LogP contribution in [0.5, 0.6) is 5.75 Å². The molecule has 1 heterocycles. The van der Waals surface area contributed by atoms with E-state index in [0.717, 1.165) is 12.0 Å². The van der Waals surface area contributed by atoms with Crippen molar-refractivity contribution in [1.29, 1.82) is 0 Å². The first-order valence-corrected chi connectivity index (χ1v) is 7.03. The van der Waals surface area contributed by atoms with Gasteiger partial charge < -0.3 is 15.4 Å². The number of ether oxygens (including phenoxy) is 1. The summed E-state index contributed by atoms with van der Waals surface area (Å²) in [5.41, 5.74) is 6.64. The molecule has 2 unspecified atom stereocenters. The summed E-state index contributed by atoms with van der Waals surface area (Å²) in [7, 11) is 0. The summed E-state index contributed by atoms with van der Waals surface area (Å²) in [5, 5.41) is 0. The maximum atomic E-state index is 12.2. The van der Waals surface area contributed by atoms with Gasteiger partial charge in [-0.2, -0.15) is 8.78 Å². The van der Waals surface area contributed by atoms with Gasteiger partial charge in [0.25, 0.3) is 0 Å². The minimum atomic E-state index is -2.81. The summed E-state index contributed by atoms with van der Waals surface area (Å²) in [6.07, 6.45) is 0.943. The van der Waals surface area contributed by atoms with E-state index >= 15 is 0 Å². The van der Waals surface area contributed by atoms with Crippen LogP contribution < -0.4 is 10.5 Å². The molecule has 6 heteroatoms. The predicted octanol–water partition coefficient (Wildman–Crippen LogP) is 2.93. The molecular formula is C15H21F2N3O. The van der Waals surface area contributed by atoms with Gasteiger partial charge in [0.1, 0.15) is 5.75 Å². The molecular weight excluding hydrogens is 276 g/mol. The van der Waals surface area contributed by atoms with Crippen LogP contribution in [0, 0.1) is 0 Å². The highest BCUT2D eigenvalue weighted by molar-refractivity contribution is 5.81. The van der Waals surface area contributed by atoms with E-state index in [1.807, 2.05) is 0 Å². The molecule has 0 aromatic heterocycles. The van der Waals surface area contributed by atoms with E-state index in [9.17, 15) is 8.78 Å². The Morgan fingerprint density at radius 1 is 1.38 bits per heavy atom. The molecule has 21 heavy (non-hydrogen) atoms. The second-order valence-electron chi connectivity index (χ2n) is 5.48. The van der Waals surface area contributed by atoms with Gasteiger partial charge in [0, 0.05) is 6.04 Å². The second kappa shape index (κ2) is 5.87. The van der Waals surface area contributed by atoms with Crippen LogP contribution in [0.2, 0.25) is 0 Å². The molecule has 1 aliphatic rings. The minimum absolute atomic E-state index is 0.152. The average Bonchev–Trinajstić information content (AvgIpc) is 2.75. The Kier molecular flexibility index (Phi) is 4.34. The van der Waals surface area contributed by atoms with Gasteiger partial charge in [-0.1, -0.05) is 19.1 Å². The van der Waals surface area contributed by atoms with Gasteiger partial charge in [-0.25, -0.2) is 0 Å². The molecule has 0 radical (unpaired) electrons. The molecule has 0 fully saturated rings. The Bertz CT molecular complexity index is 518. The van der Waals surface area contributed by atoms with Crippen molar-refractivity contribution in [3.05, 3.63) is 29.8 Å². The second-order valence-corrected chi connectivity index (χ2v) is 5.48. The van der Waals surface area contributed by atoms with Crippen molar-refractivity contribution < 1.29 is 13.5 Å². The number of nitrogens with zero attached hydrogens (tertiary/aromatic N) is 2. The van der Waals surface area contributed by atoms with Crippen LogP contribution in [-0.4, -0.2) is 30.1 Å². The van der Waals surface area contributed by atoms with Crippen LogP contribution in [0.4, 0.5) is 8.78 Å². The summed E-state index contributed by atoms with van der Waals surface area (Å²) >= 11 is 0. The third-order valence-corrected chi connectivity index (χ3v) is 4.06. The monoisotopic (exact) mass is 297 g/mol. The quantitative estimate of drug-likeness (QED) is 0.909. The first-order valence-electron chi connectivity index (χ1n) is 7.03. The van der Waals surface area contributed by atoms with Crippen molar-refractivity contribution in [2.75, 3.05) is 6.54 Å². The Balaban J connectivity index is 2.27. The molecule has 4 nitrogen and oxygen atoms in total. The number of nitrogens with two attached hydrogens (primary N) is 1. The fraction of sp³-hybridized carbons (Fsp3) is 0.533. The van der Waals surface area contributed by atoms with E-state index in [-0.39, 0.29) is 17.3 Å². The van der Waals surface area contributed by atoms with Gasteiger partial charge in [0.15, 0.2) is 5.96 Å². The van der Waals surface area contributed by atoms with Crippen LogP contribution in [0.15, 0.2) is 29.3 Å². The number of rotatable bonds is 5. The number of hydrogen-bond acceptors (Lipinski definition) is 4. The molecule has 0 aliphatic carbocycles. The lowest BCUT2D eigenvalue weighted by Crippen LogP contribution is -2.51. The molecule has 1 aromatic rings. The van der Waals surface area contributed by atoms with Crippen LogP contribution in [-0.2, 0) is 5.54 Å². The van der Waals surface area contributed by atoms with Gasteiger partial charge in [-0.05, 0) is 38.0 Å². The van der Waals surface area contributed by atoms with Crippen molar-refractivity contribution in [2.24, 2.45) is 10.7 Å². The SMILES string of the molecule is CCC(C)N1C(N)=NCC1(C)c1ccc(OC(F)F)cc1. The predicted molar refractivity (Wildman–Crippen MR) is 78.5 cm³/mol. The highest BCUT2D eigenvalue weighted by Crippen LogP contribution is 2.35. The first-order chi connectivity index (χ1) is 9.88. The Morgan fingerprint density at radius 3 is 2.52 bits per heavy atom. The van der Waals surface area contributed by atoms with Gasteiger partial charge >= 0.3 is 6.61 Å². The van der Waals surface area contributed by atoms with Gasteiger partial charge in [-0.15, -0.1) is 0 Å². The molecule has 2 N–H and O–H groups in total. The van der Waals surface area contributed by atoms with E-state index in [2.05, 4.69) is 35.4 Å². The van der Waals surface area contributed by atoms with Gasteiger partial charge in [0.2, 0.25) is 0 Å². The zero-order chi connectivity index (χ0) is 15.6. The summed E-state index contributed by atoms with van der Waals surface area (Å²) in [6, 6.07) is 6.94. The maximum absolute atomic E-state index is 12.2. The molecule has 2 rings (SSSR count). The first kappa shape index (κ1) is 15.5. The van der Waals surface area contributed by atoms with Crippen molar-refractivity contribution in [3.63, 3.8) is 0 Å².